The lowest BCUT2D eigenvalue weighted by atomic mass is 9.99. The van der Waals surface area contributed by atoms with Crippen molar-refractivity contribution in [3.63, 3.8) is 0 Å². The Kier molecular flexibility index (Phi) is 6.82. The summed E-state index contributed by atoms with van der Waals surface area (Å²) in [6.07, 6.45) is 1.70. The fourth-order valence-corrected chi connectivity index (χ4v) is 4.31. The number of hydrogen-bond acceptors (Lipinski definition) is 5. The minimum Gasteiger partial charge on any atom is -0.378 e. The Labute approximate surface area is 214 Å². The van der Waals surface area contributed by atoms with E-state index < -0.39 is 40.4 Å². The van der Waals surface area contributed by atoms with Gasteiger partial charge in [-0.05, 0) is 42.5 Å². The molecular formula is C27H19ClF3N3O3. The number of ketones is 1. The molecule has 0 bridgehead atoms. The lowest BCUT2D eigenvalue weighted by Gasteiger charge is -2.28. The van der Waals surface area contributed by atoms with Gasteiger partial charge in [-0.2, -0.15) is 0 Å². The Morgan fingerprint density at radius 2 is 1.73 bits per heavy atom. The molecule has 0 saturated carbocycles. The van der Waals surface area contributed by atoms with Crippen molar-refractivity contribution < 1.29 is 27.5 Å². The second-order valence-corrected chi connectivity index (χ2v) is 8.84. The third-order valence-electron chi connectivity index (χ3n) is 6.02. The second kappa shape index (κ2) is 10.2. The molecular weight excluding hydrogens is 507 g/mol. The molecule has 0 spiro atoms. The molecule has 37 heavy (non-hydrogen) atoms. The molecule has 1 amide bonds. The maximum absolute atomic E-state index is 15.3. The summed E-state index contributed by atoms with van der Waals surface area (Å²) in [5, 5.41) is 3.02. The highest BCUT2D eigenvalue weighted by atomic mass is 35.5. The summed E-state index contributed by atoms with van der Waals surface area (Å²) in [5.74, 6) is -6.41. The largest absolute Gasteiger partial charge is 0.378 e. The molecule has 4 aromatic rings. The first-order valence-corrected chi connectivity index (χ1v) is 11.7. The molecule has 1 aliphatic heterocycles. The van der Waals surface area contributed by atoms with Crippen molar-refractivity contribution >= 4 is 45.6 Å². The monoisotopic (exact) mass is 525 g/mol. The summed E-state index contributed by atoms with van der Waals surface area (Å²) in [5.41, 5.74) is -0.397. The molecule has 6 nitrogen and oxygen atoms in total. The molecule has 1 fully saturated rings. The number of fused-ring (bicyclic) bond motifs is 1. The minimum atomic E-state index is -1.65. The number of carbonyl (C=O) groups is 2. The van der Waals surface area contributed by atoms with Crippen molar-refractivity contribution in [1.82, 2.24) is 4.98 Å². The van der Waals surface area contributed by atoms with E-state index >= 15 is 4.39 Å². The van der Waals surface area contributed by atoms with Crippen LogP contribution in [0.3, 0.4) is 0 Å². The van der Waals surface area contributed by atoms with E-state index in [1.165, 1.54) is 36.4 Å². The number of ether oxygens (including phenoxy) is 1. The molecule has 5 rings (SSSR count). The van der Waals surface area contributed by atoms with Crippen molar-refractivity contribution in [3.8, 4) is 0 Å². The molecule has 3 aromatic carbocycles. The standard InChI is InChI=1S/C27H19ClF3N3O3/c28-18-3-1-2-16(11-18)27(36)33-22-13-20(29)24(30)23(25(22)31)26(35)15-4-5-21-17(10-15)12-19(14-32-21)34-6-8-37-9-7-34/h1-5,10-14H,6-9H2,(H,33,36). The van der Waals surface area contributed by atoms with E-state index in [4.69, 9.17) is 16.3 Å². The highest BCUT2D eigenvalue weighted by Gasteiger charge is 2.27. The zero-order chi connectivity index (χ0) is 26.1. The van der Waals surface area contributed by atoms with Crippen LogP contribution in [0.4, 0.5) is 24.5 Å². The van der Waals surface area contributed by atoms with Crippen LogP contribution in [0.1, 0.15) is 26.3 Å². The van der Waals surface area contributed by atoms with Crippen LogP contribution in [0.5, 0.6) is 0 Å². The normalized spacial score (nSPS) is 13.6. The number of hydrogen-bond donors (Lipinski definition) is 1. The zero-order valence-corrected chi connectivity index (χ0v) is 20.0. The topological polar surface area (TPSA) is 71.5 Å². The number of pyridine rings is 1. The van der Waals surface area contributed by atoms with Crippen LogP contribution in [-0.2, 0) is 4.74 Å². The summed E-state index contributed by atoms with van der Waals surface area (Å²) < 4.78 is 49.8. The van der Waals surface area contributed by atoms with Crippen molar-refractivity contribution in [2.24, 2.45) is 0 Å². The summed E-state index contributed by atoms with van der Waals surface area (Å²) in [4.78, 5) is 32.2. The molecule has 0 radical (unpaired) electrons. The lowest BCUT2D eigenvalue weighted by Crippen LogP contribution is -2.36. The highest BCUT2D eigenvalue weighted by molar-refractivity contribution is 6.31. The van der Waals surface area contributed by atoms with Crippen LogP contribution in [-0.4, -0.2) is 43.0 Å². The fraction of sp³-hybridized carbons (Fsp3) is 0.148. The van der Waals surface area contributed by atoms with Gasteiger partial charge in [0.15, 0.2) is 23.2 Å². The number of morpholine rings is 1. The first kappa shape index (κ1) is 24.7. The van der Waals surface area contributed by atoms with E-state index in [-0.39, 0.29) is 16.1 Å². The van der Waals surface area contributed by atoms with Gasteiger partial charge >= 0.3 is 0 Å². The predicted molar refractivity (Wildman–Crippen MR) is 134 cm³/mol. The molecule has 2 heterocycles. The summed E-state index contributed by atoms with van der Waals surface area (Å²) in [6, 6.07) is 12.4. The maximum atomic E-state index is 15.3. The number of halogens is 4. The average Bonchev–Trinajstić information content (AvgIpc) is 2.91. The van der Waals surface area contributed by atoms with Crippen LogP contribution in [0, 0.1) is 17.5 Å². The van der Waals surface area contributed by atoms with Crippen LogP contribution < -0.4 is 10.2 Å². The van der Waals surface area contributed by atoms with E-state index in [9.17, 15) is 18.4 Å². The molecule has 0 aliphatic carbocycles. The van der Waals surface area contributed by atoms with Crippen LogP contribution in [0.2, 0.25) is 5.02 Å². The molecule has 1 saturated heterocycles. The van der Waals surface area contributed by atoms with E-state index in [1.54, 1.807) is 12.3 Å². The minimum absolute atomic E-state index is 0.0658. The Bertz CT molecular complexity index is 1540. The van der Waals surface area contributed by atoms with Gasteiger partial charge in [-0.1, -0.05) is 17.7 Å². The molecule has 0 atom stereocenters. The third-order valence-corrected chi connectivity index (χ3v) is 6.26. The highest BCUT2D eigenvalue weighted by Crippen LogP contribution is 2.29. The van der Waals surface area contributed by atoms with E-state index in [0.717, 1.165) is 5.69 Å². The second-order valence-electron chi connectivity index (χ2n) is 8.40. The van der Waals surface area contributed by atoms with Gasteiger partial charge < -0.3 is 15.0 Å². The maximum Gasteiger partial charge on any atom is 0.255 e. The van der Waals surface area contributed by atoms with Crippen LogP contribution >= 0.6 is 11.6 Å². The molecule has 188 valence electrons. The van der Waals surface area contributed by atoms with Crippen molar-refractivity contribution in [2.45, 2.75) is 0 Å². The number of benzene rings is 3. The van der Waals surface area contributed by atoms with Gasteiger partial charge in [-0.3, -0.25) is 14.6 Å². The van der Waals surface area contributed by atoms with Gasteiger partial charge in [-0.25, -0.2) is 13.2 Å². The number of carbonyl (C=O) groups excluding carboxylic acids is 2. The number of aromatic nitrogens is 1. The Morgan fingerprint density at radius 1 is 0.946 bits per heavy atom. The number of amides is 1. The van der Waals surface area contributed by atoms with E-state index in [0.29, 0.717) is 43.3 Å². The number of rotatable bonds is 5. The van der Waals surface area contributed by atoms with E-state index in [1.807, 2.05) is 6.07 Å². The molecule has 1 N–H and O–H groups in total. The predicted octanol–water partition coefficient (Wildman–Crippen LogP) is 5.63. The average molecular weight is 526 g/mol. The summed E-state index contributed by atoms with van der Waals surface area (Å²) >= 11 is 5.88. The van der Waals surface area contributed by atoms with Gasteiger partial charge in [0.25, 0.3) is 5.91 Å². The van der Waals surface area contributed by atoms with Gasteiger partial charge in [0.2, 0.25) is 0 Å². The first-order valence-electron chi connectivity index (χ1n) is 11.3. The Balaban J connectivity index is 1.49. The Morgan fingerprint density at radius 3 is 2.49 bits per heavy atom. The smallest absolute Gasteiger partial charge is 0.255 e. The summed E-state index contributed by atoms with van der Waals surface area (Å²) in [7, 11) is 0. The van der Waals surface area contributed by atoms with Gasteiger partial charge in [-0.15, -0.1) is 0 Å². The van der Waals surface area contributed by atoms with Crippen LogP contribution in [0.15, 0.2) is 60.8 Å². The Hall–Kier alpha value is -3.95. The SMILES string of the molecule is O=C(Nc1cc(F)c(F)c(C(=O)c2ccc3ncc(N4CCOCC4)cc3c2)c1F)c1cccc(Cl)c1. The van der Waals surface area contributed by atoms with Crippen molar-refractivity contribution in [1.29, 1.82) is 0 Å². The third kappa shape index (κ3) is 5.00. The fourth-order valence-electron chi connectivity index (χ4n) is 4.12. The lowest BCUT2D eigenvalue weighted by molar-refractivity contribution is 0.101. The number of nitrogens with one attached hydrogen (secondary N) is 1. The molecule has 10 heteroatoms. The molecule has 1 aliphatic rings. The van der Waals surface area contributed by atoms with E-state index in [2.05, 4.69) is 15.2 Å². The van der Waals surface area contributed by atoms with Gasteiger partial charge in [0.05, 0.1) is 41.9 Å². The molecule has 1 aromatic heterocycles. The number of nitrogens with zero attached hydrogens (tertiary/aromatic N) is 2. The molecule has 0 unspecified atom stereocenters. The quantitative estimate of drug-likeness (QED) is 0.270. The first-order chi connectivity index (χ1) is 17.8. The van der Waals surface area contributed by atoms with Gasteiger partial charge in [0.1, 0.15) is 0 Å². The van der Waals surface area contributed by atoms with Crippen molar-refractivity contribution in [3.05, 3.63) is 100.0 Å². The van der Waals surface area contributed by atoms with Gasteiger partial charge in [0, 0.05) is 40.7 Å². The summed E-state index contributed by atoms with van der Waals surface area (Å²) in [6.45, 7) is 2.50. The van der Waals surface area contributed by atoms with Crippen molar-refractivity contribution in [2.75, 3.05) is 36.5 Å². The zero-order valence-electron chi connectivity index (χ0n) is 19.2. The number of anilines is 2. The van der Waals surface area contributed by atoms with Crippen LogP contribution in [0.25, 0.3) is 10.9 Å².